The maximum atomic E-state index is 13.2. The highest BCUT2D eigenvalue weighted by atomic mass is 16.7. The summed E-state index contributed by atoms with van der Waals surface area (Å²) in [5.41, 5.74) is -0.784. The zero-order valence-electron chi connectivity index (χ0n) is 31.9. The van der Waals surface area contributed by atoms with Crippen molar-refractivity contribution in [3.05, 3.63) is 70.3 Å². The molecule has 0 aliphatic carbocycles. The van der Waals surface area contributed by atoms with Gasteiger partial charge in [0, 0.05) is 31.4 Å². The number of nitrogens with zero attached hydrogens (tertiary/aromatic N) is 1. The predicted octanol–water partition coefficient (Wildman–Crippen LogP) is 9.09. The molecule has 1 fully saturated rings. The Kier molecular flexibility index (Phi) is 14.6. The molecule has 11 nitrogen and oxygen atoms in total. The van der Waals surface area contributed by atoms with Crippen LogP contribution in [-0.2, 0) is 28.5 Å². The number of allylic oxidation sites excluding steroid dienone is 3. The number of epoxide rings is 1. The van der Waals surface area contributed by atoms with Gasteiger partial charge in [-0.3, -0.25) is 19.7 Å². The van der Waals surface area contributed by atoms with Gasteiger partial charge < -0.3 is 23.7 Å². The van der Waals surface area contributed by atoms with Crippen LogP contribution in [0, 0.1) is 39.2 Å². The van der Waals surface area contributed by atoms with E-state index in [2.05, 4.69) is 40.7 Å². The van der Waals surface area contributed by atoms with Crippen LogP contribution in [0.25, 0.3) is 0 Å². The van der Waals surface area contributed by atoms with Gasteiger partial charge in [0.25, 0.3) is 5.69 Å². The number of nitro groups is 1. The fourth-order valence-corrected chi connectivity index (χ4v) is 6.46. The molecule has 1 aromatic carbocycles. The minimum Gasteiger partial charge on any atom is -0.457 e. The topological polar surface area (TPSA) is 144 Å². The molecule has 282 valence electrons. The number of cyclic esters (lactones) is 1. The summed E-state index contributed by atoms with van der Waals surface area (Å²) < 4.78 is 29.0. The number of non-ortho nitro benzene ring substituents is 1. The van der Waals surface area contributed by atoms with Crippen molar-refractivity contribution in [3.63, 3.8) is 0 Å². The first kappa shape index (κ1) is 41.4. The third-order valence-corrected chi connectivity index (χ3v) is 10.2. The highest BCUT2D eigenvalue weighted by Gasteiger charge is 2.46. The second-order valence-corrected chi connectivity index (χ2v) is 15.4. The second kappa shape index (κ2) is 18.0. The van der Waals surface area contributed by atoms with Crippen LogP contribution in [0.2, 0.25) is 0 Å². The van der Waals surface area contributed by atoms with Crippen LogP contribution in [0.15, 0.2) is 60.2 Å². The van der Waals surface area contributed by atoms with Gasteiger partial charge in [0.1, 0.15) is 11.9 Å². The summed E-state index contributed by atoms with van der Waals surface area (Å²) in [6.07, 6.45) is 10.4. The first-order valence-corrected chi connectivity index (χ1v) is 18.1. The van der Waals surface area contributed by atoms with Crippen molar-refractivity contribution in [3.8, 4) is 5.75 Å². The lowest BCUT2D eigenvalue weighted by Crippen LogP contribution is -2.46. The maximum Gasteiger partial charge on any atom is 0.514 e. The summed E-state index contributed by atoms with van der Waals surface area (Å²) in [6, 6.07) is 5.01. The summed E-state index contributed by atoms with van der Waals surface area (Å²) in [4.78, 5) is 48.9. The van der Waals surface area contributed by atoms with E-state index in [1.807, 2.05) is 32.9 Å². The van der Waals surface area contributed by atoms with Gasteiger partial charge >= 0.3 is 18.1 Å². The molecule has 51 heavy (non-hydrogen) atoms. The Hall–Kier alpha value is -3.99. The molecule has 2 aliphatic rings. The minimum atomic E-state index is -1.37. The standard InChI is InChI=1S/C40H57NO10/c1-11-26(3)29(6)37-33(49-37)24-39(8,9)21-12-13-27(4)36-28(5)14-19-34(47-30(7)42)40(10,22-20-25(2)23-35(43)50-36)51-38(44)48-32-17-15-31(16-18-32)41(45)46/h12-19,21,25-26,28-29,33-34,36-37H,11,20,22-24H2,1-10H3/b19-14+,21-12+,27-13+. The highest BCUT2D eigenvalue weighted by Crippen LogP contribution is 2.41. The molecule has 0 radical (unpaired) electrons. The summed E-state index contributed by atoms with van der Waals surface area (Å²) >= 11 is 0. The minimum absolute atomic E-state index is 0.0514. The van der Waals surface area contributed by atoms with Gasteiger partial charge in [-0.25, -0.2) is 4.79 Å². The number of hydrogen-bond acceptors (Lipinski definition) is 10. The molecular formula is C40H57NO10. The Morgan fingerprint density at radius 3 is 2.41 bits per heavy atom. The fourth-order valence-electron chi connectivity index (χ4n) is 6.46. The lowest BCUT2D eigenvalue weighted by Gasteiger charge is -2.36. The van der Waals surface area contributed by atoms with E-state index < -0.39 is 34.9 Å². The van der Waals surface area contributed by atoms with Crippen LogP contribution in [-0.4, -0.2) is 53.0 Å². The van der Waals surface area contributed by atoms with Gasteiger partial charge in [-0.15, -0.1) is 0 Å². The smallest absolute Gasteiger partial charge is 0.457 e. The van der Waals surface area contributed by atoms with E-state index in [4.69, 9.17) is 23.7 Å². The van der Waals surface area contributed by atoms with Crippen LogP contribution < -0.4 is 4.74 Å². The van der Waals surface area contributed by atoms with Gasteiger partial charge in [-0.1, -0.05) is 79.2 Å². The van der Waals surface area contributed by atoms with E-state index in [0.717, 1.165) is 18.4 Å². The normalized spacial score (nSPS) is 29.5. The number of esters is 2. The molecule has 9 atom stereocenters. The summed E-state index contributed by atoms with van der Waals surface area (Å²) in [5.74, 6) is -0.196. The zero-order chi connectivity index (χ0) is 38.1. The van der Waals surface area contributed by atoms with Gasteiger partial charge in [-0.05, 0) is 80.1 Å². The molecule has 0 amide bonds. The largest absolute Gasteiger partial charge is 0.514 e. The number of benzene rings is 1. The van der Waals surface area contributed by atoms with Crippen molar-refractivity contribution in [2.75, 3.05) is 0 Å². The van der Waals surface area contributed by atoms with E-state index in [1.165, 1.54) is 31.2 Å². The third-order valence-electron chi connectivity index (χ3n) is 10.2. The van der Waals surface area contributed by atoms with Gasteiger partial charge in [0.15, 0.2) is 11.7 Å². The number of carbonyl (C=O) groups is 3. The van der Waals surface area contributed by atoms with Crippen LogP contribution in [0.3, 0.4) is 0 Å². The number of ether oxygens (including phenoxy) is 5. The van der Waals surface area contributed by atoms with E-state index in [9.17, 15) is 24.5 Å². The molecule has 0 spiro atoms. The Balaban J connectivity index is 1.81. The first-order chi connectivity index (χ1) is 23.8. The molecule has 9 unspecified atom stereocenters. The molecule has 2 heterocycles. The van der Waals surface area contributed by atoms with Crippen molar-refractivity contribution >= 4 is 23.8 Å². The van der Waals surface area contributed by atoms with Gasteiger partial charge in [-0.2, -0.15) is 0 Å². The average molecular weight is 712 g/mol. The van der Waals surface area contributed by atoms with Crippen molar-refractivity contribution in [2.24, 2.45) is 29.1 Å². The lowest BCUT2D eigenvalue weighted by atomic mass is 9.83. The third kappa shape index (κ3) is 12.6. The van der Waals surface area contributed by atoms with Gasteiger partial charge in [0.2, 0.25) is 0 Å². The first-order valence-electron chi connectivity index (χ1n) is 18.1. The molecule has 1 saturated heterocycles. The number of carbonyl (C=O) groups excluding carboxylic acids is 3. The van der Waals surface area contributed by atoms with Crippen LogP contribution in [0.5, 0.6) is 5.75 Å². The number of hydrogen-bond donors (Lipinski definition) is 0. The molecule has 1 aromatic rings. The molecule has 0 aromatic heterocycles. The van der Waals surface area contributed by atoms with Crippen LogP contribution in [0.4, 0.5) is 10.5 Å². The highest BCUT2D eigenvalue weighted by molar-refractivity contribution is 5.70. The van der Waals surface area contributed by atoms with E-state index in [1.54, 1.807) is 19.1 Å². The lowest BCUT2D eigenvalue weighted by molar-refractivity contribution is -0.384. The molecule has 0 bridgehead atoms. The Morgan fingerprint density at radius 1 is 1.14 bits per heavy atom. The Labute approximate surface area is 302 Å². The average Bonchev–Trinajstić information content (AvgIpc) is 3.81. The van der Waals surface area contributed by atoms with E-state index in [0.29, 0.717) is 24.4 Å². The summed E-state index contributed by atoms with van der Waals surface area (Å²) in [6.45, 7) is 19.8. The van der Waals surface area contributed by atoms with E-state index >= 15 is 0 Å². The summed E-state index contributed by atoms with van der Waals surface area (Å²) in [5, 5.41) is 11.0. The second-order valence-electron chi connectivity index (χ2n) is 15.4. The Morgan fingerprint density at radius 2 is 1.80 bits per heavy atom. The SMILES string of the molecule is CCC(C)C(C)C1OC1CC(C)(C)/C=C/C=C(\C)C1OC(=O)CC(C)CCC(C)(OC(=O)Oc2ccc([N+](=O)[O-])cc2)C(OC(C)=O)/C=C/C1C. The number of rotatable bonds is 12. The fraction of sp³-hybridized carbons (Fsp3) is 0.625. The quantitative estimate of drug-likeness (QED) is 0.0301. The zero-order valence-corrected chi connectivity index (χ0v) is 31.9. The molecule has 3 rings (SSSR count). The predicted molar refractivity (Wildman–Crippen MR) is 194 cm³/mol. The van der Waals surface area contributed by atoms with Crippen LogP contribution >= 0.6 is 0 Å². The molecule has 2 aliphatic heterocycles. The molecule has 0 saturated carbocycles. The molecular weight excluding hydrogens is 654 g/mol. The Bertz CT molecular complexity index is 1460. The van der Waals surface area contributed by atoms with Gasteiger partial charge in [0.05, 0.1) is 17.1 Å². The monoisotopic (exact) mass is 711 g/mol. The van der Waals surface area contributed by atoms with Crippen molar-refractivity contribution < 1.29 is 43.0 Å². The van der Waals surface area contributed by atoms with Crippen molar-refractivity contribution in [2.45, 2.75) is 131 Å². The van der Waals surface area contributed by atoms with Crippen LogP contribution in [0.1, 0.15) is 101 Å². The van der Waals surface area contributed by atoms with Crippen molar-refractivity contribution in [1.29, 1.82) is 0 Å². The van der Waals surface area contributed by atoms with E-state index in [-0.39, 0.29) is 53.6 Å². The summed E-state index contributed by atoms with van der Waals surface area (Å²) in [7, 11) is 0. The maximum absolute atomic E-state index is 13.2. The molecule has 11 heteroatoms. The molecule has 0 N–H and O–H groups in total. The van der Waals surface area contributed by atoms with Crippen molar-refractivity contribution in [1.82, 2.24) is 0 Å². The number of nitro benzene ring substituents is 1.